The Morgan fingerprint density at radius 3 is 2.37 bits per heavy atom. The Labute approximate surface area is 206 Å². The predicted octanol–water partition coefficient (Wildman–Crippen LogP) is 4.61. The van der Waals surface area contributed by atoms with E-state index in [9.17, 15) is 14.0 Å². The summed E-state index contributed by atoms with van der Waals surface area (Å²) < 4.78 is 26.2. The van der Waals surface area contributed by atoms with Crippen LogP contribution in [0.4, 0.5) is 4.39 Å². The van der Waals surface area contributed by atoms with Crippen molar-refractivity contribution in [2.24, 2.45) is 29.6 Å². The molecule has 0 saturated heterocycles. The lowest BCUT2D eigenvalue weighted by Crippen LogP contribution is -2.69. The minimum atomic E-state index is -0.521. The number of ether oxygens (including phenoxy) is 2. The molecule has 2 N–H and O–H groups in total. The van der Waals surface area contributed by atoms with E-state index in [1.807, 2.05) is 0 Å². The maximum absolute atomic E-state index is 14.8. The molecule has 6 nitrogen and oxygen atoms in total. The van der Waals surface area contributed by atoms with Gasteiger partial charge in [-0.1, -0.05) is 6.92 Å². The molecule has 0 aromatic heterocycles. The van der Waals surface area contributed by atoms with Crippen LogP contribution in [0.15, 0.2) is 12.1 Å². The monoisotopic (exact) mass is 484 g/mol. The first kappa shape index (κ1) is 23.1. The van der Waals surface area contributed by atoms with E-state index in [-0.39, 0.29) is 52.5 Å². The molecule has 0 aliphatic heterocycles. The second-order valence-electron chi connectivity index (χ2n) is 12.1. The number of amides is 2. The van der Waals surface area contributed by atoms with Gasteiger partial charge in [0.2, 0.25) is 5.91 Å². The van der Waals surface area contributed by atoms with Gasteiger partial charge in [-0.25, -0.2) is 4.39 Å². The van der Waals surface area contributed by atoms with Gasteiger partial charge < -0.3 is 20.1 Å². The van der Waals surface area contributed by atoms with E-state index >= 15 is 0 Å². The number of fused-ring (bicyclic) bond motifs is 2. The Bertz CT molecular complexity index is 1000. The van der Waals surface area contributed by atoms with Crippen molar-refractivity contribution in [3.8, 4) is 11.5 Å². The third kappa shape index (κ3) is 4.09. The van der Waals surface area contributed by atoms with E-state index in [0.29, 0.717) is 17.8 Å². The van der Waals surface area contributed by atoms with Gasteiger partial charge in [-0.15, -0.1) is 0 Å². The summed E-state index contributed by atoms with van der Waals surface area (Å²) in [5.41, 5.74) is 0.288. The molecule has 6 fully saturated rings. The van der Waals surface area contributed by atoms with Crippen molar-refractivity contribution in [1.29, 1.82) is 0 Å². The topological polar surface area (TPSA) is 76.7 Å². The van der Waals surface area contributed by atoms with Crippen LogP contribution < -0.4 is 20.1 Å². The fourth-order valence-electron chi connectivity index (χ4n) is 7.58. The van der Waals surface area contributed by atoms with Crippen LogP contribution in [-0.4, -0.2) is 36.6 Å². The second-order valence-corrected chi connectivity index (χ2v) is 12.1. The molecule has 35 heavy (non-hydrogen) atoms. The zero-order valence-corrected chi connectivity index (χ0v) is 20.8. The Balaban J connectivity index is 1.19. The molecule has 190 valence electrons. The minimum Gasteiger partial charge on any atom is -0.496 e. The number of benzene rings is 1. The van der Waals surface area contributed by atoms with Gasteiger partial charge in [0.1, 0.15) is 5.75 Å². The van der Waals surface area contributed by atoms with Gasteiger partial charge in [0, 0.05) is 17.6 Å². The van der Waals surface area contributed by atoms with Gasteiger partial charge in [0.15, 0.2) is 11.6 Å². The third-order valence-electron chi connectivity index (χ3n) is 9.70. The van der Waals surface area contributed by atoms with Crippen LogP contribution in [0.2, 0.25) is 0 Å². The number of hydrogen-bond acceptors (Lipinski definition) is 4. The minimum absolute atomic E-state index is 0.0292. The van der Waals surface area contributed by atoms with Crippen molar-refractivity contribution in [3.63, 3.8) is 0 Å². The fourth-order valence-corrected chi connectivity index (χ4v) is 7.58. The highest BCUT2D eigenvalue weighted by molar-refractivity contribution is 5.98. The zero-order valence-electron chi connectivity index (χ0n) is 20.8. The first-order valence-electron chi connectivity index (χ1n) is 13.5. The summed E-state index contributed by atoms with van der Waals surface area (Å²) in [6.45, 7) is 2.23. The zero-order chi connectivity index (χ0) is 24.3. The molecule has 0 unspecified atom stereocenters. The summed E-state index contributed by atoms with van der Waals surface area (Å²) in [5, 5.41) is 6.50. The lowest BCUT2D eigenvalue weighted by Gasteiger charge is -2.62. The molecule has 0 spiro atoms. The fraction of sp³-hybridized carbons (Fsp3) is 0.714. The van der Waals surface area contributed by atoms with Gasteiger partial charge in [-0.3, -0.25) is 9.59 Å². The molecule has 1 aromatic rings. The summed E-state index contributed by atoms with van der Waals surface area (Å²) in [6, 6.07) is 2.52. The molecule has 7 heteroatoms. The number of carbonyl (C=O) groups excluding carboxylic acids is 2. The highest BCUT2D eigenvalue weighted by Crippen LogP contribution is 2.57. The third-order valence-corrected chi connectivity index (χ3v) is 9.70. The van der Waals surface area contributed by atoms with E-state index in [0.717, 1.165) is 70.1 Å². The van der Waals surface area contributed by atoms with E-state index in [4.69, 9.17) is 9.47 Å². The van der Waals surface area contributed by atoms with Crippen LogP contribution >= 0.6 is 0 Å². The Morgan fingerprint density at radius 1 is 1.00 bits per heavy atom. The summed E-state index contributed by atoms with van der Waals surface area (Å²) in [5.74, 6) is 1.42. The number of methoxy groups -OCH3 is 1. The molecule has 4 bridgehead atoms. The summed E-state index contributed by atoms with van der Waals surface area (Å²) in [7, 11) is 1.44. The van der Waals surface area contributed by atoms with Crippen molar-refractivity contribution in [1.82, 2.24) is 10.6 Å². The smallest absolute Gasteiger partial charge is 0.255 e. The van der Waals surface area contributed by atoms with Crippen LogP contribution in [0.1, 0.15) is 81.5 Å². The van der Waals surface area contributed by atoms with Gasteiger partial charge in [-0.2, -0.15) is 0 Å². The van der Waals surface area contributed by atoms with Gasteiger partial charge >= 0.3 is 0 Å². The van der Waals surface area contributed by atoms with Crippen molar-refractivity contribution >= 4 is 11.8 Å². The average molecular weight is 485 g/mol. The Hall–Kier alpha value is -2.31. The maximum atomic E-state index is 14.8. The lowest BCUT2D eigenvalue weighted by molar-refractivity contribution is -0.138. The first-order chi connectivity index (χ1) is 16.8. The standard InChI is InChI=1S/C28H37FN2O4/c1-15-3-7-19(8-4-15)35-23-10-20(22(34-2)11-21(23)29)26(32)30-25-18-6-5-17(9-18)24(25)27(33)31-28-12-16(13-28)14-28/h10-11,15-19,24-25H,3-9,12-14H2,1-2H3,(H,30,32)(H,31,33)/t15-,16?,17-,18+,19-,24+,25-,28?/m1/s1. The summed E-state index contributed by atoms with van der Waals surface area (Å²) in [6.07, 6.45) is 10.2. The van der Waals surface area contributed by atoms with Crippen molar-refractivity contribution in [3.05, 3.63) is 23.5 Å². The van der Waals surface area contributed by atoms with E-state index in [1.165, 1.54) is 19.2 Å². The molecule has 6 saturated carbocycles. The first-order valence-corrected chi connectivity index (χ1v) is 13.5. The molecular weight excluding hydrogens is 447 g/mol. The summed E-state index contributed by atoms with van der Waals surface area (Å²) in [4.78, 5) is 26.8. The molecule has 6 aliphatic carbocycles. The van der Waals surface area contributed by atoms with Gasteiger partial charge in [0.05, 0.1) is 24.7 Å². The molecule has 7 rings (SSSR count). The maximum Gasteiger partial charge on any atom is 0.255 e. The highest BCUT2D eigenvalue weighted by atomic mass is 19.1. The normalized spacial score (nSPS) is 38.8. The number of rotatable bonds is 7. The average Bonchev–Trinajstić information content (AvgIpc) is 3.39. The van der Waals surface area contributed by atoms with Crippen molar-refractivity contribution < 1.29 is 23.5 Å². The SMILES string of the molecule is COc1cc(F)c(O[C@H]2CC[C@H](C)CC2)cc1C(=O)N[C@@H]1[C@H]2CC[C@H](C2)[C@@H]1C(=O)NC12CC(C1)C2. The van der Waals surface area contributed by atoms with E-state index < -0.39 is 5.82 Å². The highest BCUT2D eigenvalue weighted by Gasteiger charge is 2.59. The molecule has 0 radical (unpaired) electrons. The predicted molar refractivity (Wildman–Crippen MR) is 129 cm³/mol. The summed E-state index contributed by atoms with van der Waals surface area (Å²) >= 11 is 0. The van der Waals surface area contributed by atoms with Gasteiger partial charge in [0.25, 0.3) is 5.91 Å². The number of carbonyl (C=O) groups is 2. The second kappa shape index (κ2) is 8.67. The molecule has 6 aliphatic rings. The Kier molecular flexibility index (Phi) is 5.72. The number of nitrogens with one attached hydrogen (secondary N) is 2. The Morgan fingerprint density at radius 2 is 1.71 bits per heavy atom. The largest absolute Gasteiger partial charge is 0.496 e. The van der Waals surface area contributed by atoms with E-state index in [2.05, 4.69) is 17.6 Å². The van der Waals surface area contributed by atoms with Crippen LogP contribution in [0.5, 0.6) is 11.5 Å². The van der Waals surface area contributed by atoms with Crippen LogP contribution in [0.3, 0.4) is 0 Å². The molecule has 1 aromatic carbocycles. The number of hydrogen-bond donors (Lipinski definition) is 2. The quantitative estimate of drug-likeness (QED) is 0.593. The van der Waals surface area contributed by atoms with Crippen LogP contribution in [0, 0.1) is 35.4 Å². The lowest BCUT2D eigenvalue weighted by atomic mass is 9.50. The van der Waals surface area contributed by atoms with Crippen molar-refractivity contribution in [2.45, 2.75) is 88.8 Å². The molecule has 4 atom stereocenters. The molecule has 2 amide bonds. The van der Waals surface area contributed by atoms with Crippen LogP contribution in [0.25, 0.3) is 0 Å². The van der Waals surface area contributed by atoms with Crippen molar-refractivity contribution in [2.75, 3.05) is 7.11 Å². The molecule has 0 heterocycles. The van der Waals surface area contributed by atoms with Gasteiger partial charge in [-0.05, 0) is 93.9 Å². The molecular formula is C28H37FN2O4. The number of halogens is 1. The van der Waals surface area contributed by atoms with E-state index in [1.54, 1.807) is 0 Å². The van der Waals surface area contributed by atoms with Crippen LogP contribution in [-0.2, 0) is 4.79 Å².